The molecule has 0 radical (unpaired) electrons. The van der Waals surface area contributed by atoms with Gasteiger partial charge in [-0.1, -0.05) is 0 Å². The van der Waals surface area contributed by atoms with Crippen LogP contribution in [0.4, 0.5) is 17.5 Å². The van der Waals surface area contributed by atoms with Gasteiger partial charge in [0.05, 0.1) is 13.7 Å². The van der Waals surface area contributed by atoms with Gasteiger partial charge in [0.1, 0.15) is 5.82 Å². The number of nitrogens with one attached hydrogen (secondary N) is 1. The van der Waals surface area contributed by atoms with Crippen LogP contribution >= 0.6 is 0 Å². The Labute approximate surface area is 207 Å². The normalized spacial score (nSPS) is 17.0. The van der Waals surface area contributed by atoms with E-state index in [1.165, 1.54) is 25.9 Å². The number of methoxy groups -OCH3 is 1. The van der Waals surface area contributed by atoms with E-state index in [-0.39, 0.29) is 0 Å². The van der Waals surface area contributed by atoms with Gasteiger partial charge in [0.25, 0.3) is 0 Å². The molecule has 8 heteroatoms. The van der Waals surface area contributed by atoms with Gasteiger partial charge in [-0.25, -0.2) is 4.98 Å². The number of benzene rings is 1. The zero-order valence-electron chi connectivity index (χ0n) is 20.6. The van der Waals surface area contributed by atoms with E-state index in [2.05, 4.69) is 49.2 Å². The second kappa shape index (κ2) is 11.4. The number of hydrogen-bond donors (Lipinski definition) is 1. The lowest BCUT2D eigenvalue weighted by Gasteiger charge is -2.33. The van der Waals surface area contributed by atoms with Gasteiger partial charge >= 0.3 is 0 Å². The molecule has 0 amide bonds. The second-order valence-electron chi connectivity index (χ2n) is 9.33. The molecule has 2 aromatic heterocycles. The Kier molecular flexibility index (Phi) is 7.68. The third-order valence-corrected chi connectivity index (χ3v) is 6.97. The van der Waals surface area contributed by atoms with Crippen molar-refractivity contribution in [3.63, 3.8) is 0 Å². The predicted molar refractivity (Wildman–Crippen MR) is 139 cm³/mol. The van der Waals surface area contributed by atoms with Crippen LogP contribution in [0.2, 0.25) is 0 Å². The molecule has 8 nitrogen and oxygen atoms in total. The molecular weight excluding hydrogens is 440 g/mol. The van der Waals surface area contributed by atoms with Crippen molar-refractivity contribution in [3.05, 3.63) is 55.0 Å². The van der Waals surface area contributed by atoms with Crippen LogP contribution in [0.1, 0.15) is 38.1 Å². The van der Waals surface area contributed by atoms with Gasteiger partial charge in [0, 0.05) is 56.0 Å². The van der Waals surface area contributed by atoms with Crippen molar-refractivity contribution in [2.75, 3.05) is 56.7 Å². The molecule has 0 saturated carbocycles. The molecule has 1 aromatic carbocycles. The fourth-order valence-electron chi connectivity index (χ4n) is 5.04. The van der Waals surface area contributed by atoms with Gasteiger partial charge in [-0.15, -0.1) is 0 Å². The van der Waals surface area contributed by atoms with E-state index in [0.29, 0.717) is 18.6 Å². The number of aromatic nitrogens is 3. The maximum Gasteiger partial charge on any atom is 0.229 e. The van der Waals surface area contributed by atoms with Crippen molar-refractivity contribution >= 4 is 17.5 Å². The number of piperidine rings is 1. The van der Waals surface area contributed by atoms with Gasteiger partial charge in [-0.3, -0.25) is 0 Å². The lowest BCUT2D eigenvalue weighted by Crippen LogP contribution is -2.35. The predicted octanol–water partition coefficient (Wildman–Crippen LogP) is 4.74. The van der Waals surface area contributed by atoms with E-state index in [9.17, 15) is 0 Å². The first-order chi connectivity index (χ1) is 17.3. The Bertz CT molecular complexity index is 1060. The zero-order valence-corrected chi connectivity index (χ0v) is 20.6. The van der Waals surface area contributed by atoms with Crippen molar-refractivity contribution < 1.29 is 9.47 Å². The number of hydrogen-bond acceptors (Lipinski definition) is 7. The standard InChI is InChI=1S/C27H36N6O2/c1-34-24-8-7-22(21-25(24)35-20-6-15-31-13-2-3-14-31)29-27-28-12-9-26(30-27)33-18-10-23(11-19-33)32-16-4-5-17-32/h4-5,7-9,12,16-17,21,23H,2-3,6,10-11,13-15,18-20H2,1H3,(H,28,29,30). The minimum Gasteiger partial charge on any atom is -0.493 e. The lowest BCUT2D eigenvalue weighted by atomic mass is 10.1. The van der Waals surface area contributed by atoms with Crippen molar-refractivity contribution in [2.45, 2.75) is 38.1 Å². The topological polar surface area (TPSA) is 67.7 Å². The first-order valence-corrected chi connectivity index (χ1v) is 12.8. The maximum atomic E-state index is 6.08. The fraction of sp³-hybridized carbons (Fsp3) is 0.481. The molecule has 2 aliphatic rings. The number of anilines is 3. The van der Waals surface area contributed by atoms with Crippen LogP contribution in [-0.4, -0.2) is 65.9 Å². The number of nitrogens with zero attached hydrogens (tertiary/aromatic N) is 5. The molecule has 0 atom stereocenters. The molecule has 186 valence electrons. The van der Waals surface area contributed by atoms with Crippen LogP contribution in [0.5, 0.6) is 11.5 Å². The van der Waals surface area contributed by atoms with Crippen molar-refractivity contribution in [2.24, 2.45) is 0 Å². The van der Waals surface area contributed by atoms with Gasteiger partial charge < -0.3 is 29.2 Å². The summed E-state index contributed by atoms with van der Waals surface area (Å²) in [7, 11) is 1.67. The molecule has 0 unspecified atom stereocenters. The fourth-order valence-corrected chi connectivity index (χ4v) is 5.04. The van der Waals surface area contributed by atoms with Crippen LogP contribution < -0.4 is 19.7 Å². The molecule has 1 N–H and O–H groups in total. The molecule has 2 fully saturated rings. The van der Waals surface area contributed by atoms with E-state index < -0.39 is 0 Å². The van der Waals surface area contributed by atoms with Gasteiger partial charge in [-0.05, 0) is 75.5 Å². The average molecular weight is 477 g/mol. The summed E-state index contributed by atoms with van der Waals surface area (Å²) in [6.45, 7) is 6.15. The summed E-state index contributed by atoms with van der Waals surface area (Å²) in [4.78, 5) is 14.1. The summed E-state index contributed by atoms with van der Waals surface area (Å²) in [5.41, 5.74) is 0.879. The highest BCUT2D eigenvalue weighted by Gasteiger charge is 2.21. The van der Waals surface area contributed by atoms with Crippen LogP contribution in [-0.2, 0) is 0 Å². The lowest BCUT2D eigenvalue weighted by molar-refractivity contribution is 0.254. The molecule has 3 aromatic rings. The summed E-state index contributed by atoms with van der Waals surface area (Å²) >= 11 is 0. The van der Waals surface area contributed by atoms with E-state index in [1.54, 1.807) is 7.11 Å². The van der Waals surface area contributed by atoms with Crippen molar-refractivity contribution in [1.82, 2.24) is 19.4 Å². The van der Waals surface area contributed by atoms with Crippen LogP contribution in [0.15, 0.2) is 55.0 Å². The summed E-state index contributed by atoms with van der Waals surface area (Å²) < 4.78 is 13.9. The second-order valence-corrected chi connectivity index (χ2v) is 9.33. The minimum absolute atomic E-state index is 0.564. The molecule has 35 heavy (non-hydrogen) atoms. The molecule has 2 aliphatic heterocycles. The van der Waals surface area contributed by atoms with Gasteiger partial charge in [0.15, 0.2) is 11.5 Å². The highest BCUT2D eigenvalue weighted by atomic mass is 16.5. The van der Waals surface area contributed by atoms with E-state index in [4.69, 9.17) is 14.5 Å². The SMILES string of the molecule is COc1ccc(Nc2nccc(N3CCC(n4cccc4)CC3)n2)cc1OCCCN1CCCC1. The quantitative estimate of drug-likeness (QED) is 0.424. The Morgan fingerprint density at radius 3 is 2.57 bits per heavy atom. The molecule has 2 saturated heterocycles. The van der Waals surface area contributed by atoms with Crippen molar-refractivity contribution in [1.29, 1.82) is 0 Å². The van der Waals surface area contributed by atoms with Crippen molar-refractivity contribution in [3.8, 4) is 11.5 Å². The Hall–Kier alpha value is -3.26. The number of ether oxygens (including phenoxy) is 2. The highest BCUT2D eigenvalue weighted by Crippen LogP contribution is 2.32. The van der Waals surface area contributed by atoms with Crippen LogP contribution in [0.25, 0.3) is 0 Å². The molecule has 5 rings (SSSR count). The first-order valence-electron chi connectivity index (χ1n) is 12.8. The third kappa shape index (κ3) is 6.06. The van der Waals surface area contributed by atoms with E-state index in [0.717, 1.165) is 61.9 Å². The smallest absolute Gasteiger partial charge is 0.229 e. The van der Waals surface area contributed by atoms with E-state index >= 15 is 0 Å². The molecule has 0 bridgehead atoms. The monoisotopic (exact) mass is 476 g/mol. The van der Waals surface area contributed by atoms with Gasteiger partial charge in [0.2, 0.25) is 5.95 Å². The summed E-state index contributed by atoms with van der Waals surface area (Å²) in [6, 6.07) is 12.6. The third-order valence-electron chi connectivity index (χ3n) is 6.97. The Morgan fingerprint density at radius 2 is 1.80 bits per heavy atom. The summed E-state index contributed by atoms with van der Waals surface area (Å²) in [5, 5.41) is 3.34. The van der Waals surface area contributed by atoms with Gasteiger partial charge in [-0.2, -0.15) is 4.98 Å². The molecule has 0 spiro atoms. The molecule has 0 aliphatic carbocycles. The van der Waals surface area contributed by atoms with Crippen LogP contribution in [0.3, 0.4) is 0 Å². The number of likely N-dealkylation sites (tertiary alicyclic amines) is 1. The minimum atomic E-state index is 0.564. The highest BCUT2D eigenvalue weighted by molar-refractivity contribution is 5.60. The summed E-state index contributed by atoms with van der Waals surface area (Å²) in [5.74, 6) is 3.01. The Balaban J connectivity index is 1.18. The Morgan fingerprint density at radius 1 is 1.00 bits per heavy atom. The maximum absolute atomic E-state index is 6.08. The number of rotatable bonds is 10. The average Bonchev–Trinajstić information content (AvgIpc) is 3.62. The first kappa shape index (κ1) is 23.5. The zero-order chi connectivity index (χ0) is 23.9. The van der Waals surface area contributed by atoms with Crippen LogP contribution in [0, 0.1) is 0 Å². The molecule has 4 heterocycles. The largest absolute Gasteiger partial charge is 0.493 e. The van der Waals surface area contributed by atoms with E-state index in [1.807, 2.05) is 30.5 Å². The molecular formula is C27H36N6O2. The summed E-state index contributed by atoms with van der Waals surface area (Å²) in [6.07, 6.45) is 12.0.